The monoisotopic (exact) mass is 313 g/mol. The summed E-state index contributed by atoms with van der Waals surface area (Å²) in [5.41, 5.74) is -0.562. The Morgan fingerprint density at radius 2 is 2.10 bits per heavy atom. The molecule has 4 nitrogen and oxygen atoms in total. The van der Waals surface area contributed by atoms with E-state index in [1.807, 2.05) is 0 Å². The molecule has 122 valence electrons. The highest BCUT2D eigenvalue weighted by atomic mass is 32.2. The first-order valence-corrected chi connectivity index (χ1v) is 9.59. The van der Waals surface area contributed by atoms with Crippen molar-refractivity contribution in [3.8, 4) is 0 Å². The van der Waals surface area contributed by atoms with Crippen LogP contribution in [-0.4, -0.2) is 58.7 Å². The smallest absolute Gasteiger partial charge is 0.194 e. The molecular formula is C16H31N3OS. The third-order valence-corrected chi connectivity index (χ3v) is 5.91. The molecule has 0 bridgehead atoms. The second-order valence-corrected chi connectivity index (χ2v) is 7.71. The molecule has 1 aliphatic heterocycles. The Kier molecular flexibility index (Phi) is 6.68. The number of hydrogen-bond donors (Lipinski definition) is 2. The van der Waals surface area contributed by atoms with Crippen molar-refractivity contribution in [3.63, 3.8) is 0 Å². The van der Waals surface area contributed by atoms with E-state index in [0.29, 0.717) is 11.8 Å². The van der Waals surface area contributed by atoms with E-state index in [1.165, 1.54) is 18.6 Å². The summed E-state index contributed by atoms with van der Waals surface area (Å²) in [4.78, 5) is 7.15. The predicted molar refractivity (Wildman–Crippen MR) is 92.1 cm³/mol. The Morgan fingerprint density at radius 3 is 2.76 bits per heavy atom. The number of aliphatic imine (C=N–C) groups is 1. The molecule has 5 heteroatoms. The summed E-state index contributed by atoms with van der Waals surface area (Å²) in [6.45, 7) is 7.95. The van der Waals surface area contributed by atoms with Crippen molar-refractivity contribution in [1.29, 1.82) is 0 Å². The first-order chi connectivity index (χ1) is 10.2. The molecule has 0 spiro atoms. The largest absolute Gasteiger partial charge is 0.388 e. The maximum absolute atomic E-state index is 10.6. The van der Waals surface area contributed by atoms with Crippen LogP contribution in [0.5, 0.6) is 0 Å². The van der Waals surface area contributed by atoms with Crippen LogP contribution in [0.3, 0.4) is 0 Å². The molecule has 21 heavy (non-hydrogen) atoms. The lowest BCUT2D eigenvalue weighted by Gasteiger charge is -2.35. The van der Waals surface area contributed by atoms with Crippen molar-refractivity contribution in [2.75, 3.05) is 31.9 Å². The van der Waals surface area contributed by atoms with Crippen molar-refractivity contribution < 1.29 is 5.11 Å². The van der Waals surface area contributed by atoms with Crippen LogP contribution < -0.4 is 5.32 Å². The summed E-state index contributed by atoms with van der Waals surface area (Å²) in [6.07, 6.45) is 6.56. The molecule has 2 aliphatic rings. The number of thioether (sulfide) groups is 1. The molecule has 1 atom stereocenters. The van der Waals surface area contributed by atoms with Gasteiger partial charge >= 0.3 is 0 Å². The lowest BCUT2D eigenvalue weighted by Crippen LogP contribution is -2.48. The molecule has 1 saturated carbocycles. The minimum absolute atomic E-state index is 0.551. The van der Waals surface area contributed by atoms with Crippen molar-refractivity contribution in [2.45, 2.75) is 63.2 Å². The summed E-state index contributed by atoms with van der Waals surface area (Å²) in [7, 11) is 0. The maximum Gasteiger partial charge on any atom is 0.194 e. The summed E-state index contributed by atoms with van der Waals surface area (Å²) in [5, 5.41) is 14.7. The Labute approximate surface area is 133 Å². The number of guanidine groups is 1. The van der Waals surface area contributed by atoms with Gasteiger partial charge in [0.1, 0.15) is 0 Å². The minimum Gasteiger partial charge on any atom is -0.388 e. The molecule has 2 fully saturated rings. The molecule has 1 unspecified atom stereocenters. The molecule has 0 aromatic heterocycles. The van der Waals surface area contributed by atoms with E-state index in [9.17, 15) is 5.11 Å². The lowest BCUT2D eigenvalue weighted by molar-refractivity contribution is 0.0129. The zero-order valence-electron chi connectivity index (χ0n) is 13.6. The van der Waals surface area contributed by atoms with Crippen LogP contribution in [0.2, 0.25) is 0 Å². The predicted octanol–water partition coefficient (Wildman–Crippen LogP) is 2.47. The van der Waals surface area contributed by atoms with Gasteiger partial charge in [-0.05, 0) is 26.2 Å². The Balaban J connectivity index is 1.97. The molecule has 0 aromatic carbocycles. The van der Waals surface area contributed by atoms with Gasteiger partial charge in [-0.1, -0.05) is 26.2 Å². The molecule has 1 saturated heterocycles. The first-order valence-electron chi connectivity index (χ1n) is 8.54. The van der Waals surface area contributed by atoms with Gasteiger partial charge in [-0.25, -0.2) is 0 Å². The number of rotatable bonds is 4. The second kappa shape index (κ2) is 8.28. The molecule has 0 radical (unpaired) electrons. The van der Waals surface area contributed by atoms with Gasteiger partial charge in [0.05, 0.1) is 12.1 Å². The molecule has 1 aliphatic carbocycles. The fourth-order valence-corrected chi connectivity index (χ4v) is 4.35. The van der Waals surface area contributed by atoms with Crippen molar-refractivity contribution in [2.24, 2.45) is 4.99 Å². The van der Waals surface area contributed by atoms with E-state index in [-0.39, 0.29) is 0 Å². The lowest BCUT2D eigenvalue weighted by atomic mass is 9.85. The van der Waals surface area contributed by atoms with Crippen LogP contribution in [0.25, 0.3) is 0 Å². The van der Waals surface area contributed by atoms with Crippen LogP contribution in [0.15, 0.2) is 4.99 Å². The fourth-order valence-electron chi connectivity index (χ4n) is 3.17. The standard InChI is InChI=1S/C16H31N3OS/c1-3-14-12-19(10-11-21-14)15(17-4-2)18-13-16(20)8-6-5-7-9-16/h14,20H,3-13H2,1-2H3,(H,17,18). The highest BCUT2D eigenvalue weighted by molar-refractivity contribution is 8.00. The minimum atomic E-state index is -0.562. The summed E-state index contributed by atoms with van der Waals surface area (Å²) in [6, 6.07) is 0. The Morgan fingerprint density at radius 1 is 1.33 bits per heavy atom. The average Bonchev–Trinajstić information content (AvgIpc) is 2.52. The Hall–Kier alpha value is -0.420. The normalized spacial score (nSPS) is 26.7. The highest BCUT2D eigenvalue weighted by Crippen LogP contribution is 2.28. The Bertz CT molecular complexity index is 342. The van der Waals surface area contributed by atoms with Crippen molar-refractivity contribution in [1.82, 2.24) is 10.2 Å². The first kappa shape index (κ1) is 16.9. The average molecular weight is 314 g/mol. The van der Waals surface area contributed by atoms with E-state index >= 15 is 0 Å². The zero-order valence-corrected chi connectivity index (χ0v) is 14.4. The number of hydrogen-bond acceptors (Lipinski definition) is 3. The third kappa shape index (κ3) is 5.06. The maximum atomic E-state index is 10.6. The summed E-state index contributed by atoms with van der Waals surface area (Å²) in [5.74, 6) is 2.17. The SMILES string of the molecule is CCNC(=NCC1(O)CCCCC1)N1CCSC(CC)C1. The van der Waals surface area contributed by atoms with Crippen LogP contribution >= 0.6 is 11.8 Å². The number of aliphatic hydroxyl groups is 1. The van der Waals surface area contributed by atoms with Crippen LogP contribution in [0, 0.1) is 0 Å². The molecule has 2 rings (SSSR count). The van der Waals surface area contributed by atoms with Gasteiger partial charge in [-0.2, -0.15) is 11.8 Å². The van der Waals surface area contributed by atoms with Gasteiger partial charge < -0.3 is 15.3 Å². The van der Waals surface area contributed by atoms with Gasteiger partial charge in [0.2, 0.25) is 0 Å². The van der Waals surface area contributed by atoms with Gasteiger partial charge in [0, 0.05) is 30.6 Å². The highest BCUT2D eigenvalue weighted by Gasteiger charge is 2.29. The fraction of sp³-hybridized carbons (Fsp3) is 0.938. The number of nitrogens with zero attached hydrogens (tertiary/aromatic N) is 2. The van der Waals surface area contributed by atoms with Crippen molar-refractivity contribution in [3.05, 3.63) is 0 Å². The van der Waals surface area contributed by atoms with Gasteiger partial charge in [-0.15, -0.1) is 0 Å². The van der Waals surface area contributed by atoms with E-state index in [2.05, 4.69) is 35.8 Å². The van der Waals surface area contributed by atoms with E-state index in [1.54, 1.807) is 0 Å². The number of nitrogens with one attached hydrogen (secondary N) is 1. The molecule has 2 N–H and O–H groups in total. The van der Waals surface area contributed by atoms with Gasteiger partial charge in [0.15, 0.2) is 5.96 Å². The zero-order chi connectivity index (χ0) is 15.1. The molecule has 0 amide bonds. The quantitative estimate of drug-likeness (QED) is 0.618. The van der Waals surface area contributed by atoms with Crippen LogP contribution in [0.4, 0.5) is 0 Å². The second-order valence-electron chi connectivity index (χ2n) is 6.30. The van der Waals surface area contributed by atoms with Crippen LogP contribution in [0.1, 0.15) is 52.4 Å². The van der Waals surface area contributed by atoms with E-state index in [0.717, 1.165) is 51.3 Å². The van der Waals surface area contributed by atoms with Gasteiger partial charge in [0.25, 0.3) is 0 Å². The summed E-state index contributed by atoms with van der Waals surface area (Å²) < 4.78 is 0. The van der Waals surface area contributed by atoms with E-state index < -0.39 is 5.60 Å². The molecule has 1 heterocycles. The van der Waals surface area contributed by atoms with E-state index in [4.69, 9.17) is 4.99 Å². The summed E-state index contributed by atoms with van der Waals surface area (Å²) >= 11 is 2.07. The van der Waals surface area contributed by atoms with Crippen LogP contribution in [-0.2, 0) is 0 Å². The molecular weight excluding hydrogens is 282 g/mol. The van der Waals surface area contributed by atoms with Crippen molar-refractivity contribution >= 4 is 17.7 Å². The topological polar surface area (TPSA) is 47.9 Å². The molecule has 0 aromatic rings. The third-order valence-electron chi connectivity index (χ3n) is 4.54. The van der Waals surface area contributed by atoms with Gasteiger partial charge in [-0.3, -0.25) is 4.99 Å².